The highest BCUT2D eigenvalue weighted by Crippen LogP contribution is 2.12. The molecule has 0 spiro atoms. The normalized spacial score (nSPS) is 11.7. The minimum Gasteiger partial charge on any atom is -0.445 e. The average molecular weight is 179 g/mol. The highest BCUT2D eigenvalue weighted by atomic mass is 19.4. The highest BCUT2D eigenvalue weighted by Gasteiger charge is 2.28. The first-order chi connectivity index (χ1) is 5.41. The van der Waals surface area contributed by atoms with E-state index < -0.39 is 24.1 Å². The number of nitrogen functional groups attached to an aromatic ring is 1. The molecule has 0 aliphatic carbocycles. The lowest BCUT2D eigenvalue weighted by Gasteiger charge is -2.15. The molecule has 0 aliphatic heterocycles. The van der Waals surface area contributed by atoms with Crippen LogP contribution in [-0.2, 0) is 0 Å². The van der Waals surface area contributed by atoms with E-state index in [1.165, 1.54) is 0 Å². The fourth-order valence-corrected chi connectivity index (χ4v) is 0.728. The van der Waals surface area contributed by atoms with E-state index in [1.807, 2.05) is 0 Å². The van der Waals surface area contributed by atoms with Gasteiger partial charge in [0.1, 0.15) is 5.82 Å². The predicted molar refractivity (Wildman–Crippen MR) is 37.3 cm³/mol. The maximum atomic E-state index is 12.3. The van der Waals surface area contributed by atoms with E-state index in [1.54, 1.807) is 0 Å². The zero-order valence-electron chi connectivity index (χ0n) is 5.77. The Bertz CT molecular complexity index is 298. The first kappa shape index (κ1) is 8.83. The Morgan fingerprint density at radius 3 is 2.33 bits per heavy atom. The molecule has 0 fully saturated rings. The van der Waals surface area contributed by atoms with Crippen molar-refractivity contribution in [1.82, 2.24) is 4.98 Å². The summed E-state index contributed by atoms with van der Waals surface area (Å²) in [6, 6.07) is 0.336. The van der Waals surface area contributed by atoms with Gasteiger partial charge in [0.25, 0.3) is 0 Å². The van der Waals surface area contributed by atoms with E-state index >= 15 is 0 Å². The molecular formula is C5H4BF4N2-. The predicted octanol–water partition coefficient (Wildman–Crippen LogP) is 0.857. The fourth-order valence-electron chi connectivity index (χ4n) is 0.728. The van der Waals surface area contributed by atoms with Crippen molar-refractivity contribution in [1.29, 1.82) is 0 Å². The van der Waals surface area contributed by atoms with Crippen molar-refractivity contribution in [3.05, 3.63) is 18.1 Å². The van der Waals surface area contributed by atoms with Crippen LogP contribution in [-0.4, -0.2) is 12.0 Å². The van der Waals surface area contributed by atoms with Crippen LogP contribution in [0.1, 0.15) is 0 Å². The van der Waals surface area contributed by atoms with Gasteiger partial charge < -0.3 is 18.7 Å². The lowest BCUT2D eigenvalue weighted by atomic mass is 9.80. The summed E-state index contributed by atoms with van der Waals surface area (Å²) in [6.45, 7) is -5.28. The maximum Gasteiger partial charge on any atom is 0.513 e. The molecule has 2 nitrogen and oxygen atoms in total. The van der Waals surface area contributed by atoms with Crippen LogP contribution in [0, 0.1) is 5.82 Å². The van der Waals surface area contributed by atoms with Gasteiger partial charge in [0.05, 0.1) is 12.0 Å². The molecule has 0 saturated carbocycles. The van der Waals surface area contributed by atoms with Crippen molar-refractivity contribution >= 4 is 18.3 Å². The second-order valence-corrected chi connectivity index (χ2v) is 2.20. The number of hydrogen-bond donors (Lipinski definition) is 1. The molecule has 2 N–H and O–H groups in total. The van der Waals surface area contributed by atoms with E-state index in [9.17, 15) is 17.3 Å². The molecule has 0 unspecified atom stereocenters. The summed E-state index contributed by atoms with van der Waals surface area (Å²) in [5.41, 5.74) is 3.71. The van der Waals surface area contributed by atoms with Crippen molar-refractivity contribution in [3.8, 4) is 0 Å². The average Bonchev–Trinajstić information content (AvgIpc) is 1.92. The second-order valence-electron chi connectivity index (χ2n) is 2.20. The summed E-state index contributed by atoms with van der Waals surface area (Å²) in [7, 11) is 0. The second kappa shape index (κ2) is 2.65. The molecule has 12 heavy (non-hydrogen) atoms. The number of rotatable bonds is 1. The molecule has 0 aliphatic rings. The molecule has 7 heteroatoms. The first-order valence-electron chi connectivity index (χ1n) is 3.02. The minimum absolute atomic E-state index is 0.336. The van der Waals surface area contributed by atoms with Gasteiger partial charge in [-0.05, 0) is 6.07 Å². The van der Waals surface area contributed by atoms with E-state index in [4.69, 9.17) is 5.73 Å². The topological polar surface area (TPSA) is 38.9 Å². The Morgan fingerprint density at radius 1 is 1.33 bits per heavy atom. The summed E-state index contributed by atoms with van der Waals surface area (Å²) >= 11 is 0. The van der Waals surface area contributed by atoms with Crippen LogP contribution in [0.15, 0.2) is 12.3 Å². The van der Waals surface area contributed by atoms with Gasteiger partial charge in [0.2, 0.25) is 0 Å². The van der Waals surface area contributed by atoms with Crippen molar-refractivity contribution in [2.45, 2.75) is 0 Å². The van der Waals surface area contributed by atoms with Crippen LogP contribution in [0.4, 0.5) is 23.2 Å². The van der Waals surface area contributed by atoms with E-state index in [0.29, 0.717) is 12.3 Å². The molecule has 0 aromatic carbocycles. The van der Waals surface area contributed by atoms with Crippen molar-refractivity contribution in [2.75, 3.05) is 5.73 Å². The van der Waals surface area contributed by atoms with Gasteiger partial charge in [-0.3, -0.25) is 0 Å². The van der Waals surface area contributed by atoms with Crippen molar-refractivity contribution in [3.63, 3.8) is 0 Å². The Balaban J connectivity index is 3.23. The quantitative estimate of drug-likeness (QED) is 0.512. The van der Waals surface area contributed by atoms with Crippen molar-refractivity contribution in [2.24, 2.45) is 0 Å². The van der Waals surface area contributed by atoms with E-state index in [-0.39, 0.29) is 0 Å². The molecular weight excluding hydrogens is 175 g/mol. The minimum atomic E-state index is -5.28. The largest absolute Gasteiger partial charge is 0.513 e. The zero-order valence-corrected chi connectivity index (χ0v) is 5.77. The number of aromatic nitrogens is 1. The molecule has 0 bridgehead atoms. The van der Waals surface area contributed by atoms with Gasteiger partial charge in [-0.2, -0.15) is 0 Å². The number of anilines is 1. The monoisotopic (exact) mass is 179 g/mol. The van der Waals surface area contributed by atoms with E-state index in [0.717, 1.165) is 0 Å². The van der Waals surface area contributed by atoms with Gasteiger partial charge in [0, 0.05) is 0 Å². The van der Waals surface area contributed by atoms with Crippen LogP contribution >= 0.6 is 0 Å². The van der Waals surface area contributed by atoms with Crippen LogP contribution in [0.25, 0.3) is 0 Å². The van der Waals surface area contributed by atoms with E-state index in [2.05, 4.69) is 4.98 Å². The summed E-state index contributed by atoms with van der Waals surface area (Å²) in [5.74, 6) is -1.73. The smallest absolute Gasteiger partial charge is 0.445 e. The lowest BCUT2D eigenvalue weighted by molar-refractivity contribution is 0.500. The summed E-state index contributed by atoms with van der Waals surface area (Å²) in [5, 5.41) is 0. The van der Waals surface area contributed by atoms with Crippen LogP contribution in [0.3, 0.4) is 0 Å². The summed E-state index contributed by atoms with van der Waals surface area (Å²) in [4.78, 5) is 3.04. The fraction of sp³-hybridized carbons (Fsp3) is 0. The van der Waals surface area contributed by atoms with Crippen LogP contribution in [0.2, 0.25) is 0 Å². The molecule has 0 atom stereocenters. The van der Waals surface area contributed by atoms with Gasteiger partial charge in [-0.25, -0.2) is 9.37 Å². The number of nitrogens with zero attached hydrogens (tertiary/aromatic N) is 1. The van der Waals surface area contributed by atoms with Gasteiger partial charge in [-0.15, -0.1) is 0 Å². The van der Waals surface area contributed by atoms with Crippen molar-refractivity contribution < 1.29 is 17.3 Å². The molecule has 1 aromatic heterocycles. The Labute approximate surface area is 65.5 Å². The maximum absolute atomic E-state index is 12.3. The third-order valence-corrected chi connectivity index (χ3v) is 1.27. The standard InChI is InChI=1S/C5H4BF4N2/c7-3-1-4(6(8,9)10)5(11)12-2-3/h1-2H,(H2,11,12)/q-1. The third kappa shape index (κ3) is 1.66. The molecule has 0 radical (unpaired) electrons. The number of nitrogens with two attached hydrogens (primary N) is 1. The van der Waals surface area contributed by atoms with Gasteiger partial charge in [0.15, 0.2) is 0 Å². The first-order valence-corrected chi connectivity index (χ1v) is 3.02. The Hall–Kier alpha value is -1.27. The summed E-state index contributed by atoms with van der Waals surface area (Å²) in [6.07, 6.45) is 0.640. The van der Waals surface area contributed by atoms with Gasteiger partial charge in [-0.1, -0.05) is 5.46 Å². The molecule has 0 saturated heterocycles. The lowest BCUT2D eigenvalue weighted by Crippen LogP contribution is -2.37. The Kier molecular flexibility index (Phi) is 1.95. The third-order valence-electron chi connectivity index (χ3n) is 1.27. The molecule has 1 heterocycles. The van der Waals surface area contributed by atoms with Crippen LogP contribution in [0.5, 0.6) is 0 Å². The molecule has 66 valence electrons. The zero-order chi connectivity index (χ0) is 9.35. The molecule has 0 amide bonds. The number of hydrogen-bond acceptors (Lipinski definition) is 2. The SMILES string of the molecule is Nc1ncc(F)cc1[B-](F)(F)F. The summed E-state index contributed by atoms with van der Waals surface area (Å²) < 4.78 is 48.3. The highest BCUT2D eigenvalue weighted by molar-refractivity contribution is 6.74. The molecule has 1 aromatic rings. The number of halogens is 4. The van der Waals surface area contributed by atoms with Gasteiger partial charge >= 0.3 is 6.98 Å². The number of pyridine rings is 1. The molecule has 1 rings (SSSR count). The Morgan fingerprint density at radius 2 is 1.92 bits per heavy atom. The van der Waals surface area contributed by atoms with Crippen LogP contribution < -0.4 is 11.2 Å².